The molecule has 0 rings (SSSR count). The molecule has 1 heteroatoms. The number of hydrogen-bond donors (Lipinski definition) is 0. The first-order valence-corrected chi connectivity index (χ1v) is 3.56. The molecule has 0 heterocycles. The van der Waals surface area contributed by atoms with Gasteiger partial charge in [-0.05, 0) is 17.2 Å². The quantitative estimate of drug-likeness (QED) is 0.529. The topological polar surface area (TPSA) is 0 Å². The van der Waals surface area contributed by atoms with Crippen molar-refractivity contribution in [3.8, 4) is 0 Å². The fourth-order valence-electron chi connectivity index (χ4n) is 0.703. The van der Waals surface area contributed by atoms with Crippen LogP contribution >= 0.6 is 12.2 Å². The van der Waals surface area contributed by atoms with Gasteiger partial charge in [0.2, 0.25) is 0 Å². The maximum absolute atomic E-state index is 4.83. The van der Waals surface area contributed by atoms with E-state index in [-0.39, 0.29) is 5.41 Å². The lowest BCUT2D eigenvalue weighted by molar-refractivity contribution is 0.485. The van der Waals surface area contributed by atoms with Gasteiger partial charge in [-0.3, -0.25) is 0 Å². The smallest absolute Gasteiger partial charge is 0.00703 e. The fraction of sp³-hybridized carbons (Fsp3) is 0.857. The van der Waals surface area contributed by atoms with E-state index in [0.29, 0.717) is 0 Å². The molecule has 0 saturated carbocycles. The Balaban J connectivity index is 3.53. The van der Waals surface area contributed by atoms with E-state index in [0.717, 1.165) is 0 Å². The van der Waals surface area contributed by atoms with Gasteiger partial charge < -0.3 is 0 Å². The van der Waals surface area contributed by atoms with Crippen LogP contribution in [-0.2, 0) is 0 Å². The Labute approximate surface area is 57.3 Å². The second kappa shape index (κ2) is 3.18. The standard InChI is InChI=1S/C7H14S/c1-4-5-7(2,3)6-8/h6H,4-5H2,1-3H3. The molecule has 0 saturated heterocycles. The van der Waals surface area contributed by atoms with Gasteiger partial charge in [0, 0.05) is 0 Å². The van der Waals surface area contributed by atoms with Crippen molar-refractivity contribution in [3.63, 3.8) is 0 Å². The summed E-state index contributed by atoms with van der Waals surface area (Å²) in [5.41, 5.74) is 0.282. The third kappa shape index (κ3) is 3.14. The van der Waals surface area contributed by atoms with Crippen LogP contribution in [-0.4, -0.2) is 5.37 Å². The second-order valence-corrected chi connectivity index (χ2v) is 3.09. The lowest BCUT2D eigenvalue weighted by atomic mass is 9.91. The summed E-state index contributed by atoms with van der Waals surface area (Å²) in [5, 5.41) is 1.86. The van der Waals surface area contributed by atoms with E-state index in [2.05, 4.69) is 20.8 Å². The molecule has 0 aliphatic rings. The van der Waals surface area contributed by atoms with Gasteiger partial charge in [-0.25, -0.2) is 0 Å². The highest BCUT2D eigenvalue weighted by Gasteiger charge is 2.10. The predicted molar refractivity (Wildman–Crippen MR) is 42.3 cm³/mol. The second-order valence-electron chi connectivity index (χ2n) is 2.86. The molecule has 0 radical (unpaired) electrons. The molecule has 8 heavy (non-hydrogen) atoms. The summed E-state index contributed by atoms with van der Waals surface area (Å²) < 4.78 is 0. The van der Waals surface area contributed by atoms with Crippen LogP contribution in [0.1, 0.15) is 33.6 Å². The molecule has 0 spiro atoms. The van der Waals surface area contributed by atoms with Crippen LogP contribution in [0, 0.1) is 5.41 Å². The van der Waals surface area contributed by atoms with E-state index in [1.54, 1.807) is 0 Å². The molecule has 48 valence electrons. The average Bonchev–Trinajstić information content (AvgIpc) is 1.67. The average molecular weight is 130 g/mol. The molecule has 0 aromatic heterocycles. The van der Waals surface area contributed by atoms with Gasteiger partial charge >= 0.3 is 0 Å². The van der Waals surface area contributed by atoms with E-state index in [1.807, 2.05) is 5.37 Å². The molecular formula is C7H14S. The Hall–Kier alpha value is 0.0900. The van der Waals surface area contributed by atoms with Gasteiger partial charge in [-0.15, -0.1) is 0 Å². The molecule has 0 atom stereocenters. The zero-order valence-electron chi connectivity index (χ0n) is 5.90. The third-order valence-corrected chi connectivity index (χ3v) is 1.85. The van der Waals surface area contributed by atoms with Crippen LogP contribution in [0.2, 0.25) is 0 Å². The molecule has 0 aliphatic carbocycles. The van der Waals surface area contributed by atoms with Crippen molar-refractivity contribution < 1.29 is 0 Å². The molecule has 0 aromatic rings. The molecular weight excluding hydrogens is 116 g/mol. The first-order valence-electron chi connectivity index (χ1n) is 3.09. The molecule has 0 aromatic carbocycles. The van der Waals surface area contributed by atoms with E-state index >= 15 is 0 Å². The van der Waals surface area contributed by atoms with Crippen LogP contribution in [0.25, 0.3) is 0 Å². The first kappa shape index (κ1) is 8.09. The van der Waals surface area contributed by atoms with Gasteiger partial charge in [0.25, 0.3) is 0 Å². The first-order chi connectivity index (χ1) is 3.62. The normalized spacial score (nSPS) is 11.4. The molecule has 0 fully saturated rings. The Kier molecular flexibility index (Phi) is 3.22. The number of rotatable bonds is 3. The minimum absolute atomic E-state index is 0.282. The molecule has 0 N–H and O–H groups in total. The summed E-state index contributed by atoms with van der Waals surface area (Å²) in [5.74, 6) is 0. The van der Waals surface area contributed by atoms with Crippen LogP contribution in [0.5, 0.6) is 0 Å². The summed E-state index contributed by atoms with van der Waals surface area (Å²) in [6.07, 6.45) is 2.43. The van der Waals surface area contributed by atoms with E-state index < -0.39 is 0 Å². The van der Waals surface area contributed by atoms with Gasteiger partial charge in [0.1, 0.15) is 0 Å². The molecule has 0 nitrogen and oxygen atoms in total. The maximum Gasteiger partial charge on any atom is -0.00703 e. The van der Waals surface area contributed by atoms with Crippen molar-refractivity contribution >= 4 is 17.6 Å². The van der Waals surface area contributed by atoms with Crippen molar-refractivity contribution in [1.29, 1.82) is 0 Å². The lowest BCUT2D eigenvalue weighted by Gasteiger charge is -2.15. The number of hydrogen-bond acceptors (Lipinski definition) is 1. The Morgan fingerprint density at radius 2 is 2.00 bits per heavy atom. The van der Waals surface area contributed by atoms with E-state index in [9.17, 15) is 0 Å². The molecule has 0 unspecified atom stereocenters. The van der Waals surface area contributed by atoms with Crippen LogP contribution < -0.4 is 0 Å². The lowest BCUT2D eigenvalue weighted by Crippen LogP contribution is -2.10. The highest BCUT2D eigenvalue weighted by molar-refractivity contribution is 7.79. The predicted octanol–water partition coefficient (Wildman–Crippen LogP) is 2.81. The van der Waals surface area contributed by atoms with Crippen molar-refractivity contribution in [2.75, 3.05) is 0 Å². The Morgan fingerprint density at radius 1 is 1.50 bits per heavy atom. The third-order valence-electron chi connectivity index (χ3n) is 1.21. The van der Waals surface area contributed by atoms with E-state index in [1.165, 1.54) is 12.8 Å². The monoisotopic (exact) mass is 130 g/mol. The van der Waals surface area contributed by atoms with Gasteiger partial charge in [0.05, 0.1) is 0 Å². The minimum Gasteiger partial charge on any atom is -0.0929 e. The van der Waals surface area contributed by atoms with Gasteiger partial charge in [0.15, 0.2) is 0 Å². The Morgan fingerprint density at radius 3 is 2.12 bits per heavy atom. The maximum atomic E-state index is 4.83. The fourth-order valence-corrected chi connectivity index (χ4v) is 0.821. The summed E-state index contributed by atoms with van der Waals surface area (Å²) >= 11 is 4.83. The van der Waals surface area contributed by atoms with Crippen LogP contribution in [0.15, 0.2) is 0 Å². The summed E-state index contributed by atoms with van der Waals surface area (Å²) in [6.45, 7) is 6.52. The highest BCUT2D eigenvalue weighted by Crippen LogP contribution is 2.18. The van der Waals surface area contributed by atoms with Crippen molar-refractivity contribution in [2.24, 2.45) is 5.41 Å². The SMILES string of the molecule is CCCC(C)(C)C=S. The highest BCUT2D eigenvalue weighted by atomic mass is 32.1. The summed E-state index contributed by atoms with van der Waals surface area (Å²) in [4.78, 5) is 0. The van der Waals surface area contributed by atoms with E-state index in [4.69, 9.17) is 12.2 Å². The van der Waals surface area contributed by atoms with Crippen molar-refractivity contribution in [3.05, 3.63) is 0 Å². The summed E-state index contributed by atoms with van der Waals surface area (Å²) in [6, 6.07) is 0. The summed E-state index contributed by atoms with van der Waals surface area (Å²) in [7, 11) is 0. The number of thiocarbonyl (C=S) groups is 1. The van der Waals surface area contributed by atoms with Crippen molar-refractivity contribution in [1.82, 2.24) is 0 Å². The molecule has 0 amide bonds. The zero-order chi connectivity index (χ0) is 6.62. The minimum atomic E-state index is 0.282. The van der Waals surface area contributed by atoms with Crippen molar-refractivity contribution in [2.45, 2.75) is 33.6 Å². The molecule has 0 aliphatic heterocycles. The Bertz CT molecular complexity index is 74.5. The van der Waals surface area contributed by atoms with Gasteiger partial charge in [-0.1, -0.05) is 39.4 Å². The van der Waals surface area contributed by atoms with Gasteiger partial charge in [-0.2, -0.15) is 0 Å². The largest absolute Gasteiger partial charge is 0.0929 e. The van der Waals surface area contributed by atoms with Crippen LogP contribution in [0.4, 0.5) is 0 Å². The molecule has 0 bridgehead atoms. The zero-order valence-corrected chi connectivity index (χ0v) is 6.72. The van der Waals surface area contributed by atoms with Crippen LogP contribution in [0.3, 0.4) is 0 Å².